The highest BCUT2D eigenvalue weighted by Crippen LogP contribution is 2.36. The van der Waals surface area contributed by atoms with Crippen molar-refractivity contribution < 1.29 is 9.90 Å². The minimum absolute atomic E-state index is 0.0633. The third kappa shape index (κ3) is 3.71. The monoisotopic (exact) mass is 366 g/mol. The van der Waals surface area contributed by atoms with Crippen molar-refractivity contribution in [3.8, 4) is 5.75 Å². The van der Waals surface area contributed by atoms with Crippen LogP contribution in [0, 0.1) is 0 Å². The van der Waals surface area contributed by atoms with Crippen molar-refractivity contribution in [3.63, 3.8) is 0 Å². The van der Waals surface area contributed by atoms with Crippen molar-refractivity contribution in [1.29, 1.82) is 0 Å². The van der Waals surface area contributed by atoms with Crippen molar-refractivity contribution in [1.82, 2.24) is 4.90 Å². The molecule has 1 amide bonds. The molecule has 0 aliphatic heterocycles. The number of amides is 1. The van der Waals surface area contributed by atoms with E-state index in [2.05, 4.69) is 15.9 Å². The molecule has 0 saturated carbocycles. The van der Waals surface area contributed by atoms with Crippen LogP contribution >= 0.6 is 27.7 Å². The van der Waals surface area contributed by atoms with Crippen molar-refractivity contribution >= 4 is 39.3 Å². The number of hydrogen-bond acceptors (Lipinski definition) is 4. The lowest BCUT2D eigenvalue weighted by Gasteiger charge is -2.15. The first kappa shape index (κ1) is 15.7. The Morgan fingerprint density at radius 2 is 1.86 bits per heavy atom. The average molecular weight is 367 g/mol. The van der Waals surface area contributed by atoms with Crippen LogP contribution < -0.4 is 5.73 Å². The first-order valence-electron chi connectivity index (χ1n) is 6.16. The molecule has 0 radical (unpaired) electrons. The van der Waals surface area contributed by atoms with Crippen LogP contribution in [-0.4, -0.2) is 30.0 Å². The number of hydrogen-bond donors (Lipinski definition) is 2. The second kappa shape index (κ2) is 6.41. The van der Waals surface area contributed by atoms with Gasteiger partial charge in [0.15, 0.2) is 0 Å². The van der Waals surface area contributed by atoms with E-state index in [9.17, 15) is 9.90 Å². The van der Waals surface area contributed by atoms with Gasteiger partial charge in [-0.1, -0.05) is 27.7 Å². The van der Waals surface area contributed by atoms with E-state index < -0.39 is 0 Å². The molecule has 0 unspecified atom stereocenters. The molecular weight excluding hydrogens is 352 g/mol. The van der Waals surface area contributed by atoms with Crippen LogP contribution in [0.5, 0.6) is 5.75 Å². The maximum Gasteiger partial charge on any atom is 0.254 e. The van der Waals surface area contributed by atoms with Crippen molar-refractivity contribution in [3.05, 3.63) is 46.4 Å². The lowest BCUT2D eigenvalue weighted by molar-refractivity contribution is 0.0824. The molecular formula is C15H15BrN2O2S. The van der Waals surface area contributed by atoms with E-state index in [-0.39, 0.29) is 11.7 Å². The van der Waals surface area contributed by atoms with Gasteiger partial charge in [-0.3, -0.25) is 4.79 Å². The fourth-order valence-electron chi connectivity index (χ4n) is 1.75. The maximum absolute atomic E-state index is 12.2. The first-order chi connectivity index (χ1) is 9.88. The highest BCUT2D eigenvalue weighted by molar-refractivity contribution is 9.10. The van der Waals surface area contributed by atoms with Crippen LogP contribution in [-0.2, 0) is 0 Å². The highest BCUT2D eigenvalue weighted by atomic mass is 79.9. The van der Waals surface area contributed by atoms with Crippen molar-refractivity contribution in [2.45, 2.75) is 9.79 Å². The third-order valence-corrected chi connectivity index (χ3v) is 4.45. The Hall–Kier alpha value is -1.66. The zero-order valence-corrected chi connectivity index (χ0v) is 14.0. The zero-order chi connectivity index (χ0) is 15.6. The molecule has 2 aromatic carbocycles. The Bertz CT molecular complexity index is 689. The first-order valence-corrected chi connectivity index (χ1v) is 7.77. The summed E-state index contributed by atoms with van der Waals surface area (Å²) >= 11 is 4.76. The summed E-state index contributed by atoms with van der Waals surface area (Å²) in [4.78, 5) is 15.3. The summed E-state index contributed by atoms with van der Waals surface area (Å²) in [5.74, 6) is -0.0996. The van der Waals surface area contributed by atoms with E-state index in [0.717, 1.165) is 14.3 Å². The molecule has 0 aliphatic carbocycles. The van der Waals surface area contributed by atoms with Crippen LogP contribution in [0.3, 0.4) is 0 Å². The van der Waals surface area contributed by atoms with E-state index >= 15 is 0 Å². The Kier molecular flexibility index (Phi) is 4.80. The van der Waals surface area contributed by atoms with Gasteiger partial charge in [0.25, 0.3) is 5.91 Å². The summed E-state index contributed by atoms with van der Waals surface area (Å²) < 4.78 is 0.902. The van der Waals surface area contributed by atoms with E-state index in [4.69, 9.17) is 5.73 Å². The number of rotatable bonds is 3. The minimum atomic E-state index is -0.163. The minimum Gasteiger partial charge on any atom is -0.508 e. The third-order valence-electron chi connectivity index (χ3n) is 2.79. The van der Waals surface area contributed by atoms with Gasteiger partial charge < -0.3 is 15.7 Å². The van der Waals surface area contributed by atoms with Crippen LogP contribution in [0.25, 0.3) is 0 Å². The number of benzene rings is 2. The summed E-state index contributed by atoms with van der Waals surface area (Å²) in [6, 6.07) is 10.4. The quantitative estimate of drug-likeness (QED) is 0.814. The zero-order valence-electron chi connectivity index (χ0n) is 11.6. The van der Waals surface area contributed by atoms with Gasteiger partial charge in [0.05, 0.1) is 5.56 Å². The molecule has 0 fully saturated rings. The number of carbonyl (C=O) groups excluding carboxylic acids is 1. The van der Waals surface area contributed by atoms with Crippen LogP contribution in [0.2, 0.25) is 0 Å². The number of aromatic hydroxyl groups is 1. The number of anilines is 1. The van der Waals surface area contributed by atoms with Crippen LogP contribution in [0.4, 0.5) is 5.69 Å². The highest BCUT2D eigenvalue weighted by Gasteiger charge is 2.16. The standard InChI is InChI=1S/C15H15BrN2O2S/c1-18(2)15(20)11-8-10(19)4-6-13(11)21-14-5-3-9(16)7-12(14)17/h3-8,19H,17H2,1-2H3. The van der Waals surface area contributed by atoms with Gasteiger partial charge in [0, 0.05) is 34.0 Å². The molecule has 0 heterocycles. The Morgan fingerprint density at radius 3 is 2.48 bits per heavy atom. The van der Waals surface area contributed by atoms with Gasteiger partial charge in [-0.25, -0.2) is 0 Å². The van der Waals surface area contributed by atoms with Crippen LogP contribution in [0.1, 0.15) is 10.4 Å². The fraction of sp³-hybridized carbons (Fsp3) is 0.133. The van der Waals surface area contributed by atoms with Gasteiger partial charge in [-0.05, 0) is 36.4 Å². The lowest BCUT2D eigenvalue weighted by Crippen LogP contribution is -2.22. The molecule has 0 bridgehead atoms. The van der Waals surface area contributed by atoms with E-state index in [0.29, 0.717) is 11.3 Å². The molecule has 3 N–H and O–H groups in total. The molecule has 21 heavy (non-hydrogen) atoms. The predicted molar refractivity (Wildman–Crippen MR) is 88.8 cm³/mol. The van der Waals surface area contributed by atoms with Crippen molar-refractivity contribution in [2.75, 3.05) is 19.8 Å². The number of nitrogens with two attached hydrogens (primary N) is 1. The fourth-order valence-corrected chi connectivity index (χ4v) is 3.07. The summed E-state index contributed by atoms with van der Waals surface area (Å²) in [6.45, 7) is 0. The molecule has 2 aromatic rings. The van der Waals surface area contributed by atoms with E-state index in [1.165, 1.54) is 22.7 Å². The SMILES string of the molecule is CN(C)C(=O)c1cc(O)ccc1Sc1ccc(Br)cc1N. The molecule has 2 rings (SSSR count). The second-order valence-corrected chi connectivity index (χ2v) is 6.66. The number of nitrogen functional groups attached to an aromatic ring is 1. The van der Waals surface area contributed by atoms with Gasteiger partial charge in [-0.2, -0.15) is 0 Å². The normalized spacial score (nSPS) is 10.4. The summed E-state index contributed by atoms with van der Waals surface area (Å²) in [7, 11) is 3.35. The summed E-state index contributed by atoms with van der Waals surface area (Å²) in [5.41, 5.74) is 7.07. The number of phenolic OH excluding ortho intramolecular Hbond substituents is 1. The molecule has 110 valence electrons. The molecule has 0 atom stereocenters. The molecule has 0 saturated heterocycles. The molecule has 0 spiro atoms. The largest absolute Gasteiger partial charge is 0.508 e. The van der Waals surface area contributed by atoms with Gasteiger partial charge in [0.1, 0.15) is 5.75 Å². The molecule has 6 heteroatoms. The topological polar surface area (TPSA) is 66.6 Å². The Balaban J connectivity index is 2.42. The number of nitrogens with zero attached hydrogens (tertiary/aromatic N) is 1. The summed E-state index contributed by atoms with van der Waals surface area (Å²) in [6.07, 6.45) is 0. The van der Waals surface area contributed by atoms with Gasteiger partial charge >= 0.3 is 0 Å². The van der Waals surface area contributed by atoms with E-state index in [1.54, 1.807) is 26.2 Å². The number of halogens is 1. The molecule has 4 nitrogen and oxygen atoms in total. The smallest absolute Gasteiger partial charge is 0.254 e. The Morgan fingerprint density at radius 1 is 1.19 bits per heavy atom. The van der Waals surface area contributed by atoms with Crippen molar-refractivity contribution in [2.24, 2.45) is 0 Å². The van der Waals surface area contributed by atoms with E-state index in [1.807, 2.05) is 18.2 Å². The van der Waals surface area contributed by atoms with Gasteiger partial charge in [-0.15, -0.1) is 0 Å². The lowest BCUT2D eigenvalue weighted by atomic mass is 10.2. The summed E-state index contributed by atoms with van der Waals surface area (Å²) in [5, 5.41) is 9.61. The molecule has 0 aliphatic rings. The predicted octanol–water partition coefficient (Wildman–Crippen LogP) is 3.59. The number of phenols is 1. The average Bonchev–Trinajstić information content (AvgIpc) is 2.42. The second-order valence-electron chi connectivity index (χ2n) is 4.66. The Labute approximate surface area is 136 Å². The van der Waals surface area contributed by atoms with Gasteiger partial charge in [0.2, 0.25) is 0 Å². The number of carbonyl (C=O) groups is 1. The maximum atomic E-state index is 12.2. The molecule has 0 aromatic heterocycles. The van der Waals surface area contributed by atoms with Crippen LogP contribution in [0.15, 0.2) is 50.7 Å².